The Labute approximate surface area is 152 Å². The van der Waals surface area contributed by atoms with Gasteiger partial charge in [-0.3, -0.25) is 4.79 Å². The number of carbonyl (C=O) groups is 1. The minimum Gasteiger partial charge on any atom is -0.340 e. The van der Waals surface area contributed by atoms with Crippen LogP contribution in [0.5, 0.6) is 0 Å². The van der Waals surface area contributed by atoms with Gasteiger partial charge in [0.2, 0.25) is 5.91 Å². The molecule has 1 unspecified atom stereocenters. The number of piperazine rings is 1. The highest BCUT2D eigenvalue weighted by Crippen LogP contribution is 2.25. The molecule has 0 aromatic heterocycles. The Morgan fingerprint density at radius 1 is 1.17 bits per heavy atom. The molecule has 2 aliphatic rings. The second-order valence-corrected chi connectivity index (χ2v) is 8.66. The van der Waals surface area contributed by atoms with Crippen LogP contribution in [0.25, 0.3) is 0 Å². The van der Waals surface area contributed by atoms with E-state index in [0.717, 1.165) is 25.7 Å². The highest BCUT2D eigenvalue weighted by molar-refractivity contribution is 7.86. The standard InChI is InChI=1S/C15H30N4O3S.ClH/c1-13(12-16)15(20)18-8-10-19(11-9-18)23(21,22)17(2)14-6-4-3-5-7-14;/h13-14H,3-12,16H2,1-2H3;1H. The topological polar surface area (TPSA) is 87.0 Å². The van der Waals surface area contributed by atoms with Gasteiger partial charge in [0, 0.05) is 51.7 Å². The van der Waals surface area contributed by atoms with E-state index < -0.39 is 10.2 Å². The third kappa shape index (κ3) is 4.82. The van der Waals surface area contributed by atoms with Gasteiger partial charge >= 0.3 is 0 Å². The number of rotatable bonds is 5. The zero-order chi connectivity index (χ0) is 17.0. The lowest BCUT2D eigenvalue weighted by atomic mass is 9.96. The normalized spacial score (nSPS) is 22.2. The quantitative estimate of drug-likeness (QED) is 0.756. The van der Waals surface area contributed by atoms with Gasteiger partial charge in [-0.15, -0.1) is 12.4 Å². The predicted molar refractivity (Wildman–Crippen MR) is 97.2 cm³/mol. The van der Waals surface area contributed by atoms with Crippen LogP contribution in [0.1, 0.15) is 39.0 Å². The highest BCUT2D eigenvalue weighted by atomic mass is 35.5. The molecule has 142 valence electrons. The van der Waals surface area contributed by atoms with Gasteiger partial charge in [0.25, 0.3) is 10.2 Å². The number of nitrogens with zero attached hydrogens (tertiary/aromatic N) is 3. The maximum Gasteiger partial charge on any atom is 0.282 e. The van der Waals surface area contributed by atoms with E-state index in [1.54, 1.807) is 16.3 Å². The van der Waals surface area contributed by atoms with E-state index in [2.05, 4.69) is 0 Å². The lowest BCUT2D eigenvalue weighted by molar-refractivity contribution is -0.135. The SMILES string of the molecule is CC(CN)C(=O)N1CCN(S(=O)(=O)N(C)C2CCCCC2)CC1.Cl. The summed E-state index contributed by atoms with van der Waals surface area (Å²) in [5.74, 6) is -0.187. The van der Waals surface area contributed by atoms with E-state index in [9.17, 15) is 13.2 Å². The van der Waals surface area contributed by atoms with Crippen molar-refractivity contribution < 1.29 is 13.2 Å². The summed E-state index contributed by atoms with van der Waals surface area (Å²) in [5.41, 5.74) is 5.54. The zero-order valence-electron chi connectivity index (χ0n) is 14.7. The van der Waals surface area contributed by atoms with Gasteiger partial charge < -0.3 is 10.6 Å². The van der Waals surface area contributed by atoms with Crippen molar-refractivity contribution in [1.82, 2.24) is 13.5 Å². The van der Waals surface area contributed by atoms with Crippen LogP contribution in [-0.4, -0.2) is 73.6 Å². The molecule has 2 fully saturated rings. The Kier molecular flexibility index (Phi) is 8.41. The fraction of sp³-hybridized carbons (Fsp3) is 0.933. The Hall–Kier alpha value is -0.410. The van der Waals surface area contributed by atoms with Crippen molar-refractivity contribution >= 4 is 28.5 Å². The van der Waals surface area contributed by atoms with Crippen LogP contribution in [0.2, 0.25) is 0 Å². The molecule has 7 nitrogen and oxygen atoms in total. The molecule has 1 aliphatic heterocycles. The average molecular weight is 383 g/mol. The molecule has 0 aromatic carbocycles. The monoisotopic (exact) mass is 382 g/mol. The smallest absolute Gasteiger partial charge is 0.282 e. The first-order valence-electron chi connectivity index (χ1n) is 8.60. The Balaban J connectivity index is 0.00000288. The first-order valence-corrected chi connectivity index (χ1v) is 9.99. The minimum atomic E-state index is -3.43. The molecule has 9 heteroatoms. The average Bonchev–Trinajstić information content (AvgIpc) is 2.60. The van der Waals surface area contributed by atoms with Crippen LogP contribution in [0.15, 0.2) is 0 Å². The maximum absolute atomic E-state index is 12.8. The Bertz CT molecular complexity index is 503. The molecule has 1 aliphatic carbocycles. The van der Waals surface area contributed by atoms with E-state index in [4.69, 9.17) is 5.73 Å². The molecule has 0 bridgehead atoms. The first kappa shape index (κ1) is 21.6. The second-order valence-electron chi connectivity index (χ2n) is 6.68. The highest BCUT2D eigenvalue weighted by Gasteiger charge is 2.35. The number of hydrogen-bond donors (Lipinski definition) is 1. The van der Waals surface area contributed by atoms with Crippen molar-refractivity contribution in [2.75, 3.05) is 39.8 Å². The molecule has 0 radical (unpaired) electrons. The molecule has 2 rings (SSSR count). The molecule has 1 amide bonds. The predicted octanol–water partition coefficient (Wildman–Crippen LogP) is 0.657. The maximum atomic E-state index is 12.8. The fourth-order valence-electron chi connectivity index (χ4n) is 3.37. The molecule has 24 heavy (non-hydrogen) atoms. The van der Waals surface area contributed by atoms with E-state index in [1.807, 2.05) is 6.92 Å². The van der Waals surface area contributed by atoms with Crippen molar-refractivity contribution in [2.24, 2.45) is 11.7 Å². The summed E-state index contributed by atoms with van der Waals surface area (Å²) in [6.07, 6.45) is 5.29. The lowest BCUT2D eigenvalue weighted by Gasteiger charge is -2.39. The largest absolute Gasteiger partial charge is 0.340 e. The Morgan fingerprint density at radius 3 is 2.21 bits per heavy atom. The Morgan fingerprint density at radius 2 is 1.71 bits per heavy atom. The van der Waals surface area contributed by atoms with E-state index in [0.29, 0.717) is 32.7 Å². The molecule has 1 atom stereocenters. The van der Waals surface area contributed by atoms with Crippen molar-refractivity contribution in [3.8, 4) is 0 Å². The number of nitrogens with two attached hydrogens (primary N) is 1. The third-order valence-electron chi connectivity index (χ3n) is 5.10. The zero-order valence-corrected chi connectivity index (χ0v) is 16.3. The van der Waals surface area contributed by atoms with Gasteiger partial charge in [-0.05, 0) is 12.8 Å². The molecule has 2 N–H and O–H groups in total. The number of carbonyl (C=O) groups excluding carboxylic acids is 1. The van der Waals surface area contributed by atoms with Crippen LogP contribution in [0.3, 0.4) is 0 Å². The van der Waals surface area contributed by atoms with Crippen molar-refractivity contribution in [2.45, 2.75) is 45.1 Å². The van der Waals surface area contributed by atoms with Crippen LogP contribution < -0.4 is 5.73 Å². The van der Waals surface area contributed by atoms with Crippen LogP contribution in [-0.2, 0) is 15.0 Å². The molecule has 0 aromatic rings. The van der Waals surface area contributed by atoms with Gasteiger partial charge in [-0.2, -0.15) is 17.0 Å². The molecular weight excluding hydrogens is 352 g/mol. The summed E-state index contributed by atoms with van der Waals surface area (Å²) >= 11 is 0. The van der Waals surface area contributed by atoms with Gasteiger partial charge in [0.05, 0.1) is 0 Å². The fourth-order valence-corrected chi connectivity index (χ4v) is 4.94. The second kappa shape index (κ2) is 9.33. The number of hydrogen-bond acceptors (Lipinski definition) is 4. The minimum absolute atomic E-state index is 0. The van der Waals surface area contributed by atoms with Crippen molar-refractivity contribution in [3.63, 3.8) is 0 Å². The van der Waals surface area contributed by atoms with Gasteiger partial charge in [-0.1, -0.05) is 26.2 Å². The number of amides is 1. The summed E-state index contributed by atoms with van der Waals surface area (Å²) in [6, 6.07) is 0.116. The van der Waals surface area contributed by atoms with Gasteiger partial charge in [0.15, 0.2) is 0 Å². The molecule has 1 saturated heterocycles. The molecule has 1 saturated carbocycles. The van der Waals surface area contributed by atoms with E-state index in [-0.39, 0.29) is 30.3 Å². The van der Waals surface area contributed by atoms with Crippen LogP contribution >= 0.6 is 12.4 Å². The first-order chi connectivity index (χ1) is 10.9. The van der Waals surface area contributed by atoms with Crippen molar-refractivity contribution in [3.05, 3.63) is 0 Å². The van der Waals surface area contributed by atoms with Gasteiger partial charge in [0.1, 0.15) is 0 Å². The molecule has 1 heterocycles. The van der Waals surface area contributed by atoms with E-state index >= 15 is 0 Å². The molecule has 0 spiro atoms. The lowest BCUT2D eigenvalue weighted by Crippen LogP contribution is -2.56. The van der Waals surface area contributed by atoms with Crippen molar-refractivity contribution in [1.29, 1.82) is 0 Å². The number of halogens is 1. The summed E-state index contributed by atoms with van der Waals surface area (Å²) in [7, 11) is -1.74. The van der Waals surface area contributed by atoms with E-state index in [1.165, 1.54) is 10.7 Å². The summed E-state index contributed by atoms with van der Waals surface area (Å²) in [5, 5.41) is 0. The summed E-state index contributed by atoms with van der Waals surface area (Å²) in [4.78, 5) is 13.9. The third-order valence-corrected chi connectivity index (χ3v) is 7.15. The van der Waals surface area contributed by atoms with Crippen LogP contribution in [0, 0.1) is 5.92 Å². The van der Waals surface area contributed by atoms with Gasteiger partial charge in [-0.25, -0.2) is 0 Å². The summed E-state index contributed by atoms with van der Waals surface area (Å²) in [6.45, 7) is 3.75. The molecular formula is C15H31ClN4O3S. The van der Waals surface area contributed by atoms with Crippen LogP contribution in [0.4, 0.5) is 0 Å². The summed E-state index contributed by atoms with van der Waals surface area (Å²) < 4.78 is 28.6.